The Morgan fingerprint density at radius 3 is 2.25 bits per heavy atom. The first-order valence-electron chi connectivity index (χ1n) is 15.8. The fraction of sp³-hybridized carbons (Fsp3) is 0.444. The van der Waals surface area contributed by atoms with Crippen molar-refractivity contribution >= 4 is 17.4 Å². The molecule has 236 valence electrons. The molecule has 2 heterocycles. The van der Waals surface area contributed by atoms with Crippen LogP contribution in [0.15, 0.2) is 73.1 Å². The number of rotatable bonds is 9. The van der Waals surface area contributed by atoms with Crippen molar-refractivity contribution in [1.29, 1.82) is 5.41 Å². The number of carbonyl (C=O) groups excluding carboxylic acids is 1. The summed E-state index contributed by atoms with van der Waals surface area (Å²) in [6, 6.07) is 18.2. The Bertz CT molecular complexity index is 1330. The summed E-state index contributed by atoms with van der Waals surface area (Å²) in [4.78, 5) is 24.5. The molecule has 8 heteroatoms. The number of aromatic nitrogens is 2. The molecule has 2 aromatic carbocycles. The number of aryl methyl sites for hydroxylation is 1. The van der Waals surface area contributed by atoms with Crippen molar-refractivity contribution in [2.45, 2.75) is 79.3 Å². The van der Waals surface area contributed by atoms with Crippen LogP contribution in [0.4, 0.5) is 5.82 Å². The number of hydrogen-bond donors (Lipinski definition) is 2. The first-order valence-corrected chi connectivity index (χ1v) is 15.8. The van der Waals surface area contributed by atoms with Crippen molar-refractivity contribution in [2.75, 3.05) is 25.4 Å². The van der Waals surface area contributed by atoms with Crippen molar-refractivity contribution < 1.29 is 9.53 Å². The van der Waals surface area contributed by atoms with E-state index in [9.17, 15) is 4.79 Å². The van der Waals surface area contributed by atoms with E-state index in [1.54, 1.807) is 6.08 Å². The van der Waals surface area contributed by atoms with E-state index in [-0.39, 0.29) is 5.91 Å². The maximum Gasteiger partial charge on any atom is 0.246 e. The van der Waals surface area contributed by atoms with Crippen molar-refractivity contribution in [3.63, 3.8) is 0 Å². The highest BCUT2D eigenvalue weighted by Crippen LogP contribution is 2.28. The minimum absolute atomic E-state index is 0.193. The summed E-state index contributed by atoms with van der Waals surface area (Å²) in [6.07, 6.45) is 10.3. The minimum Gasteiger partial charge on any atom is -0.457 e. The van der Waals surface area contributed by atoms with Crippen LogP contribution in [0, 0.1) is 18.3 Å². The number of amides is 1. The number of likely N-dealkylation sites (tertiary alicyclic amines) is 1. The Kier molecular flexibility index (Phi) is 13.5. The molecule has 44 heavy (non-hydrogen) atoms. The van der Waals surface area contributed by atoms with Gasteiger partial charge in [0.05, 0.1) is 17.0 Å². The largest absolute Gasteiger partial charge is 0.457 e. The van der Waals surface area contributed by atoms with E-state index in [0.717, 1.165) is 43.4 Å². The van der Waals surface area contributed by atoms with Crippen LogP contribution in [-0.2, 0) is 4.79 Å². The molecule has 2 fully saturated rings. The van der Waals surface area contributed by atoms with Crippen LogP contribution >= 0.6 is 0 Å². The average Bonchev–Trinajstić information content (AvgIpc) is 3.74. The van der Waals surface area contributed by atoms with Gasteiger partial charge in [0.2, 0.25) is 5.91 Å². The lowest BCUT2D eigenvalue weighted by Gasteiger charge is -2.24. The first-order chi connectivity index (χ1) is 21.1. The molecule has 1 aromatic heterocycles. The number of nitrogens with one attached hydrogen (secondary N) is 1. The first kappa shape index (κ1) is 34.5. The molecule has 1 amide bonds. The van der Waals surface area contributed by atoms with E-state index >= 15 is 0 Å². The molecule has 1 atom stereocenters. The van der Waals surface area contributed by atoms with Gasteiger partial charge in [0.15, 0.2) is 0 Å². The molecular formula is C36H50N6O2. The standard InChI is InChI=1S/C18H16N4O.C15H26N2O.C3H8/c1-12-16(18(20)22-11-21-12)17(19)13-7-9-15(10-8-13)23-14-5-3-2-4-6-14;1-12(2)17(14-6-7-14)9-4-5-15(18)16-10-8-13(3)11-16;1-3-2/h2-11,19H,1H3,(H2,20,21,22);4-5,12-14H,6-11H2,1-3H3;3H2,1-2H3/b;5-4+;/t;13-;/m.1./s1. The average molecular weight is 599 g/mol. The molecule has 8 nitrogen and oxygen atoms in total. The van der Waals surface area contributed by atoms with Gasteiger partial charge in [0.1, 0.15) is 23.6 Å². The highest BCUT2D eigenvalue weighted by atomic mass is 16.5. The predicted octanol–water partition coefficient (Wildman–Crippen LogP) is 7.28. The van der Waals surface area contributed by atoms with Crippen molar-refractivity contribution in [2.24, 2.45) is 5.92 Å². The van der Waals surface area contributed by atoms with Gasteiger partial charge in [0, 0.05) is 43.4 Å². The van der Waals surface area contributed by atoms with Gasteiger partial charge < -0.3 is 15.4 Å². The van der Waals surface area contributed by atoms with E-state index in [4.69, 9.17) is 15.9 Å². The number of nitrogens with two attached hydrogens (primary N) is 1. The second kappa shape index (κ2) is 17.3. The molecule has 2 aliphatic rings. The number of anilines is 1. The molecule has 0 unspecified atom stereocenters. The number of hydrogen-bond acceptors (Lipinski definition) is 7. The molecule has 1 aliphatic carbocycles. The van der Waals surface area contributed by atoms with Crippen LogP contribution in [-0.4, -0.2) is 63.1 Å². The Balaban J connectivity index is 0.000000227. The number of para-hydroxylation sites is 1. The highest BCUT2D eigenvalue weighted by molar-refractivity contribution is 6.14. The zero-order valence-corrected chi connectivity index (χ0v) is 27.3. The molecule has 5 rings (SSSR count). The van der Waals surface area contributed by atoms with Gasteiger partial charge in [-0.25, -0.2) is 9.97 Å². The van der Waals surface area contributed by atoms with Crippen molar-refractivity contribution in [3.05, 3.63) is 89.9 Å². The lowest BCUT2D eigenvalue weighted by Crippen LogP contribution is -2.33. The summed E-state index contributed by atoms with van der Waals surface area (Å²) in [5.41, 5.74) is 8.15. The number of benzene rings is 2. The molecule has 1 aliphatic heterocycles. The number of nitrogens with zero attached hydrogens (tertiary/aromatic N) is 4. The van der Waals surface area contributed by atoms with Gasteiger partial charge >= 0.3 is 0 Å². The molecule has 3 aromatic rings. The third kappa shape index (κ3) is 10.6. The van der Waals surface area contributed by atoms with E-state index in [2.05, 4.69) is 49.5 Å². The lowest BCUT2D eigenvalue weighted by molar-refractivity contribution is -0.125. The van der Waals surface area contributed by atoms with Gasteiger partial charge in [-0.1, -0.05) is 51.5 Å². The molecule has 1 saturated heterocycles. The monoisotopic (exact) mass is 598 g/mol. The third-order valence-electron chi connectivity index (χ3n) is 7.43. The Labute approximate surface area is 263 Å². The van der Waals surface area contributed by atoms with E-state index < -0.39 is 0 Å². The van der Waals surface area contributed by atoms with Crippen LogP contribution in [0.1, 0.15) is 77.1 Å². The number of nitrogen functional groups attached to an aromatic ring is 1. The van der Waals surface area contributed by atoms with Crippen molar-refractivity contribution in [1.82, 2.24) is 19.8 Å². The summed E-state index contributed by atoms with van der Waals surface area (Å²) < 4.78 is 5.75. The van der Waals surface area contributed by atoms with Gasteiger partial charge in [-0.2, -0.15) is 0 Å². The Morgan fingerprint density at radius 1 is 1.07 bits per heavy atom. The number of carbonyl (C=O) groups is 1. The van der Waals surface area contributed by atoms with Crippen molar-refractivity contribution in [3.8, 4) is 11.5 Å². The Hall–Kier alpha value is -4.04. The number of ether oxygens (including phenoxy) is 1. The van der Waals surface area contributed by atoms with Crippen LogP contribution < -0.4 is 10.5 Å². The van der Waals surface area contributed by atoms with Crippen LogP contribution in [0.5, 0.6) is 11.5 Å². The molecule has 0 bridgehead atoms. The highest BCUT2D eigenvalue weighted by Gasteiger charge is 2.29. The van der Waals surface area contributed by atoms with Gasteiger partial charge in [-0.05, 0) is 82.3 Å². The molecule has 0 radical (unpaired) electrons. The van der Waals surface area contributed by atoms with Gasteiger partial charge in [0.25, 0.3) is 0 Å². The van der Waals surface area contributed by atoms with E-state index in [0.29, 0.717) is 40.5 Å². The zero-order valence-electron chi connectivity index (χ0n) is 27.3. The second-order valence-corrected chi connectivity index (χ2v) is 11.8. The van der Waals surface area contributed by atoms with Crippen LogP contribution in [0.2, 0.25) is 0 Å². The molecule has 1 saturated carbocycles. The quantitative estimate of drug-likeness (QED) is 0.198. The normalized spacial score (nSPS) is 15.9. The van der Waals surface area contributed by atoms with Crippen LogP contribution in [0.25, 0.3) is 0 Å². The summed E-state index contributed by atoms with van der Waals surface area (Å²) in [5.74, 6) is 2.65. The lowest BCUT2D eigenvalue weighted by atomic mass is 10.0. The topological polar surface area (TPSA) is 108 Å². The minimum atomic E-state index is 0.193. The maximum atomic E-state index is 11.9. The third-order valence-corrected chi connectivity index (χ3v) is 7.43. The van der Waals surface area contributed by atoms with E-state index in [1.165, 1.54) is 25.6 Å². The van der Waals surface area contributed by atoms with Crippen LogP contribution in [0.3, 0.4) is 0 Å². The summed E-state index contributed by atoms with van der Waals surface area (Å²) in [7, 11) is 0. The SMILES string of the molecule is CC(C)N(C/C=C/C(=O)N1CC[C@@H](C)C1)C1CC1.CCC.Cc1ncnc(N)c1C(=N)c1ccc(Oc2ccccc2)cc1. The Morgan fingerprint density at radius 2 is 1.70 bits per heavy atom. The summed E-state index contributed by atoms with van der Waals surface area (Å²) in [5, 5.41) is 8.34. The fourth-order valence-corrected chi connectivity index (χ4v) is 4.96. The molecular weight excluding hydrogens is 548 g/mol. The summed E-state index contributed by atoms with van der Waals surface area (Å²) >= 11 is 0. The second-order valence-electron chi connectivity index (χ2n) is 11.8. The van der Waals surface area contributed by atoms with E-state index in [1.807, 2.05) is 72.5 Å². The molecule has 0 spiro atoms. The fourth-order valence-electron chi connectivity index (χ4n) is 4.96. The smallest absolute Gasteiger partial charge is 0.246 e. The van der Waals surface area contributed by atoms with Gasteiger partial charge in [-0.3, -0.25) is 15.1 Å². The maximum absolute atomic E-state index is 11.9. The zero-order chi connectivity index (χ0) is 32.1. The molecule has 3 N–H and O–H groups in total. The van der Waals surface area contributed by atoms with Gasteiger partial charge in [-0.15, -0.1) is 0 Å². The predicted molar refractivity (Wildman–Crippen MR) is 180 cm³/mol. The summed E-state index contributed by atoms with van der Waals surface area (Å²) in [6.45, 7) is 15.5.